The average molecular weight is 401 g/mol. The quantitative estimate of drug-likeness (QED) is 0.200. The van der Waals surface area contributed by atoms with Crippen molar-refractivity contribution < 1.29 is 29.3 Å². The van der Waals surface area contributed by atoms with Gasteiger partial charge in [-0.1, -0.05) is 84.0 Å². The Hall–Kier alpha value is -1.59. The Balaban J connectivity index is 3.58. The number of carbonyl (C=O) groups is 3. The first-order valence-electron chi connectivity index (χ1n) is 11.1. The van der Waals surface area contributed by atoms with Crippen molar-refractivity contribution in [3.05, 3.63) is 0 Å². The Kier molecular flexibility index (Phi) is 17.7. The molecule has 0 heterocycles. The predicted octanol–water partition coefficient (Wildman–Crippen LogP) is 5.72. The summed E-state index contributed by atoms with van der Waals surface area (Å²) in [6, 6.07) is 0. The molecule has 6 heteroatoms. The van der Waals surface area contributed by atoms with Crippen LogP contribution >= 0.6 is 0 Å². The van der Waals surface area contributed by atoms with Gasteiger partial charge in [0.05, 0.1) is 6.42 Å². The smallest absolute Gasteiger partial charge is 0.307 e. The van der Waals surface area contributed by atoms with E-state index in [1.54, 1.807) is 0 Å². The zero-order valence-electron chi connectivity index (χ0n) is 17.6. The summed E-state index contributed by atoms with van der Waals surface area (Å²) < 4.78 is 5.14. The van der Waals surface area contributed by atoms with E-state index >= 15 is 0 Å². The fourth-order valence-electron chi connectivity index (χ4n) is 3.21. The fraction of sp³-hybridized carbons (Fsp3) is 0.864. The highest BCUT2D eigenvalue weighted by Crippen LogP contribution is 2.14. The second kappa shape index (κ2) is 18.8. The SMILES string of the molecule is CCCCCCCCCCCCCCCC(=O)OC(CCC(=O)O)CC(=O)O. The number of hydrogen-bond donors (Lipinski definition) is 2. The van der Waals surface area contributed by atoms with Gasteiger partial charge >= 0.3 is 17.9 Å². The summed E-state index contributed by atoms with van der Waals surface area (Å²) >= 11 is 0. The van der Waals surface area contributed by atoms with E-state index in [9.17, 15) is 14.4 Å². The molecular weight excluding hydrogens is 360 g/mol. The van der Waals surface area contributed by atoms with Crippen LogP contribution in [0.2, 0.25) is 0 Å². The Bertz CT molecular complexity index is 421. The van der Waals surface area contributed by atoms with Gasteiger partial charge < -0.3 is 14.9 Å². The van der Waals surface area contributed by atoms with Crippen LogP contribution in [-0.2, 0) is 19.1 Å². The van der Waals surface area contributed by atoms with Gasteiger partial charge in [-0.2, -0.15) is 0 Å². The van der Waals surface area contributed by atoms with Crippen molar-refractivity contribution in [3.8, 4) is 0 Å². The van der Waals surface area contributed by atoms with Gasteiger partial charge in [-0.05, 0) is 12.8 Å². The second-order valence-electron chi connectivity index (χ2n) is 7.63. The van der Waals surface area contributed by atoms with Crippen LogP contribution in [0.4, 0.5) is 0 Å². The van der Waals surface area contributed by atoms with Crippen molar-refractivity contribution in [2.45, 2.75) is 122 Å². The number of aliphatic carboxylic acids is 2. The van der Waals surface area contributed by atoms with Crippen molar-refractivity contribution in [2.24, 2.45) is 0 Å². The van der Waals surface area contributed by atoms with Gasteiger partial charge in [0.15, 0.2) is 0 Å². The third kappa shape index (κ3) is 19.2. The van der Waals surface area contributed by atoms with Gasteiger partial charge in [0, 0.05) is 12.8 Å². The first kappa shape index (κ1) is 26.4. The molecule has 2 N–H and O–H groups in total. The van der Waals surface area contributed by atoms with E-state index in [2.05, 4.69) is 6.92 Å². The van der Waals surface area contributed by atoms with E-state index in [-0.39, 0.29) is 25.7 Å². The summed E-state index contributed by atoms with van der Waals surface area (Å²) in [6.45, 7) is 2.24. The van der Waals surface area contributed by atoms with Crippen molar-refractivity contribution in [2.75, 3.05) is 0 Å². The molecule has 1 unspecified atom stereocenters. The van der Waals surface area contributed by atoms with Gasteiger partial charge in [-0.3, -0.25) is 14.4 Å². The van der Waals surface area contributed by atoms with Crippen LogP contribution in [0.25, 0.3) is 0 Å². The maximum Gasteiger partial charge on any atom is 0.307 e. The number of ether oxygens (including phenoxy) is 1. The van der Waals surface area contributed by atoms with Crippen LogP contribution in [-0.4, -0.2) is 34.2 Å². The number of carboxylic acid groups (broad SMARTS) is 2. The lowest BCUT2D eigenvalue weighted by Gasteiger charge is -2.15. The molecule has 0 rings (SSSR count). The van der Waals surface area contributed by atoms with Crippen LogP contribution in [0.3, 0.4) is 0 Å². The summed E-state index contributed by atoms with van der Waals surface area (Å²) in [6.07, 6.45) is 14.8. The Labute approximate surface area is 170 Å². The molecule has 0 fully saturated rings. The summed E-state index contributed by atoms with van der Waals surface area (Å²) in [5.41, 5.74) is 0. The zero-order valence-corrected chi connectivity index (χ0v) is 17.6. The summed E-state index contributed by atoms with van der Waals surface area (Å²) in [4.78, 5) is 33.2. The van der Waals surface area contributed by atoms with Gasteiger partial charge in [0.25, 0.3) is 0 Å². The van der Waals surface area contributed by atoms with E-state index in [0.29, 0.717) is 0 Å². The van der Waals surface area contributed by atoms with Crippen LogP contribution in [0.15, 0.2) is 0 Å². The first-order valence-corrected chi connectivity index (χ1v) is 11.1. The normalized spacial score (nSPS) is 11.9. The third-order valence-electron chi connectivity index (χ3n) is 4.87. The molecule has 1 atom stereocenters. The number of esters is 1. The molecule has 0 saturated heterocycles. The minimum absolute atomic E-state index is 0.0337. The Morgan fingerprint density at radius 1 is 0.679 bits per heavy atom. The van der Waals surface area contributed by atoms with Gasteiger partial charge in [0.1, 0.15) is 6.10 Å². The molecule has 28 heavy (non-hydrogen) atoms. The molecular formula is C22H40O6. The molecule has 0 aliphatic carbocycles. The monoisotopic (exact) mass is 400 g/mol. The van der Waals surface area contributed by atoms with Crippen LogP contribution in [0.1, 0.15) is 116 Å². The predicted molar refractivity (Wildman–Crippen MR) is 109 cm³/mol. The highest BCUT2D eigenvalue weighted by molar-refractivity contribution is 5.72. The summed E-state index contributed by atoms with van der Waals surface area (Å²) in [5, 5.41) is 17.5. The number of hydrogen-bond acceptors (Lipinski definition) is 4. The molecule has 0 aliphatic rings. The summed E-state index contributed by atoms with van der Waals surface area (Å²) in [7, 11) is 0. The van der Waals surface area contributed by atoms with Crippen LogP contribution in [0, 0.1) is 0 Å². The number of unbranched alkanes of at least 4 members (excludes halogenated alkanes) is 12. The molecule has 0 amide bonds. The first-order chi connectivity index (χ1) is 13.5. The summed E-state index contributed by atoms with van der Waals surface area (Å²) in [5.74, 6) is -2.55. The van der Waals surface area contributed by atoms with Crippen molar-refractivity contribution in [1.29, 1.82) is 0 Å². The maximum atomic E-state index is 11.8. The second-order valence-corrected chi connectivity index (χ2v) is 7.63. The molecule has 0 saturated carbocycles. The molecule has 164 valence electrons. The molecule has 0 aromatic carbocycles. The van der Waals surface area contributed by atoms with Crippen molar-refractivity contribution in [1.82, 2.24) is 0 Å². The molecule has 0 radical (unpaired) electrons. The molecule has 0 aromatic heterocycles. The third-order valence-corrected chi connectivity index (χ3v) is 4.87. The Morgan fingerprint density at radius 3 is 1.57 bits per heavy atom. The van der Waals surface area contributed by atoms with E-state index in [1.807, 2.05) is 0 Å². The Morgan fingerprint density at radius 2 is 1.14 bits per heavy atom. The molecule has 0 bridgehead atoms. The molecule has 0 spiro atoms. The number of rotatable bonds is 20. The number of carboxylic acids is 2. The molecule has 0 aliphatic heterocycles. The standard InChI is InChI=1S/C22H40O6/c1-2-3-4-5-6-7-8-9-10-11-12-13-14-15-22(27)28-19(18-21(25)26)16-17-20(23)24/h19H,2-18H2,1H3,(H,23,24)(H,25,26). The van der Waals surface area contributed by atoms with Gasteiger partial charge in [-0.25, -0.2) is 0 Å². The van der Waals surface area contributed by atoms with Crippen molar-refractivity contribution in [3.63, 3.8) is 0 Å². The molecule has 6 nitrogen and oxygen atoms in total. The van der Waals surface area contributed by atoms with Gasteiger partial charge in [0.2, 0.25) is 0 Å². The lowest BCUT2D eigenvalue weighted by molar-refractivity contribution is -0.155. The molecule has 0 aromatic rings. The van der Waals surface area contributed by atoms with E-state index < -0.39 is 24.0 Å². The van der Waals surface area contributed by atoms with E-state index in [0.717, 1.165) is 19.3 Å². The van der Waals surface area contributed by atoms with E-state index in [4.69, 9.17) is 14.9 Å². The minimum atomic E-state index is -1.09. The zero-order chi connectivity index (χ0) is 21.0. The average Bonchev–Trinajstić information content (AvgIpc) is 2.63. The minimum Gasteiger partial charge on any atom is -0.481 e. The number of carbonyl (C=O) groups excluding carboxylic acids is 1. The van der Waals surface area contributed by atoms with Crippen LogP contribution < -0.4 is 0 Å². The fourth-order valence-corrected chi connectivity index (χ4v) is 3.21. The maximum absolute atomic E-state index is 11.8. The van der Waals surface area contributed by atoms with Crippen molar-refractivity contribution >= 4 is 17.9 Å². The van der Waals surface area contributed by atoms with E-state index in [1.165, 1.54) is 64.2 Å². The largest absolute Gasteiger partial charge is 0.481 e. The van der Waals surface area contributed by atoms with Gasteiger partial charge in [-0.15, -0.1) is 0 Å². The highest BCUT2D eigenvalue weighted by Gasteiger charge is 2.19. The lowest BCUT2D eigenvalue weighted by atomic mass is 10.0. The lowest BCUT2D eigenvalue weighted by Crippen LogP contribution is -2.22. The highest BCUT2D eigenvalue weighted by atomic mass is 16.5. The topological polar surface area (TPSA) is 101 Å². The van der Waals surface area contributed by atoms with Crippen LogP contribution in [0.5, 0.6) is 0 Å².